The maximum atomic E-state index is 13.0. The van der Waals surface area contributed by atoms with Gasteiger partial charge in [0.25, 0.3) is 0 Å². The fraction of sp³-hybridized carbons (Fsp3) is 0.833. The minimum atomic E-state index is -1.79. The van der Waals surface area contributed by atoms with Gasteiger partial charge in [-0.1, -0.05) is 108 Å². The standard InChI is InChI=1S/C42H75NO13/c1-3-5-7-9-11-13-14-15-16-17-18-20-22-24-26-34(47)43-30(31(46)25-23-21-19-12-10-8-6-4-2)29-53-41-39(52)37(50)40(33(28-45)55-41)56-42-38(51)36(49)35(48)32(27-44)54-42/h10,12,14-15,23,25,30-33,35-42,44-46,48-52H,3-9,11,13,16-22,24,26-29H2,1-2H3,(H,43,47)/b12-10+,15-14-,25-23+. The van der Waals surface area contributed by atoms with Crippen LogP contribution in [0.1, 0.15) is 129 Å². The van der Waals surface area contributed by atoms with Crippen LogP contribution in [0.2, 0.25) is 0 Å². The molecule has 2 saturated heterocycles. The van der Waals surface area contributed by atoms with Crippen molar-refractivity contribution in [3.05, 3.63) is 36.5 Å². The summed E-state index contributed by atoms with van der Waals surface area (Å²) in [4.78, 5) is 13.0. The van der Waals surface area contributed by atoms with Crippen molar-refractivity contribution < 1.29 is 64.6 Å². The summed E-state index contributed by atoms with van der Waals surface area (Å²) in [6.45, 7) is 2.63. The van der Waals surface area contributed by atoms with Gasteiger partial charge in [0, 0.05) is 6.42 Å². The number of aliphatic hydroxyl groups is 8. The van der Waals surface area contributed by atoms with Gasteiger partial charge in [0.2, 0.25) is 5.91 Å². The summed E-state index contributed by atoms with van der Waals surface area (Å²) in [5.74, 6) is -0.266. The van der Waals surface area contributed by atoms with Gasteiger partial charge in [-0.05, 0) is 51.4 Å². The number of nitrogens with one attached hydrogen (secondary N) is 1. The molecule has 0 saturated carbocycles. The summed E-state index contributed by atoms with van der Waals surface area (Å²) >= 11 is 0. The van der Waals surface area contributed by atoms with Crippen LogP contribution in [-0.2, 0) is 23.7 Å². The number of amides is 1. The zero-order valence-corrected chi connectivity index (χ0v) is 33.9. The van der Waals surface area contributed by atoms with Gasteiger partial charge in [0.1, 0.15) is 48.8 Å². The predicted molar refractivity (Wildman–Crippen MR) is 212 cm³/mol. The van der Waals surface area contributed by atoms with Gasteiger partial charge in [0.05, 0.1) is 32.0 Å². The molecule has 12 unspecified atom stereocenters. The molecule has 0 radical (unpaired) electrons. The lowest BCUT2D eigenvalue weighted by Crippen LogP contribution is -2.65. The lowest BCUT2D eigenvalue weighted by Gasteiger charge is -2.46. The van der Waals surface area contributed by atoms with Gasteiger partial charge in [-0.15, -0.1) is 0 Å². The number of carbonyl (C=O) groups is 1. The van der Waals surface area contributed by atoms with Crippen LogP contribution >= 0.6 is 0 Å². The van der Waals surface area contributed by atoms with E-state index in [4.69, 9.17) is 18.9 Å². The predicted octanol–water partition coefficient (Wildman–Crippen LogP) is 3.20. The Balaban J connectivity index is 1.92. The quantitative estimate of drug-likeness (QED) is 0.0376. The van der Waals surface area contributed by atoms with Crippen LogP contribution in [0.5, 0.6) is 0 Å². The van der Waals surface area contributed by atoms with E-state index in [1.807, 2.05) is 6.08 Å². The van der Waals surface area contributed by atoms with E-state index in [1.165, 1.54) is 32.1 Å². The topological polar surface area (TPSA) is 228 Å². The van der Waals surface area contributed by atoms with Crippen molar-refractivity contribution >= 4 is 5.91 Å². The minimum Gasteiger partial charge on any atom is -0.394 e. The van der Waals surface area contributed by atoms with Crippen LogP contribution in [0, 0.1) is 0 Å². The number of unbranched alkanes of at least 4 members (excludes halogenated alkanes) is 13. The first-order chi connectivity index (χ1) is 27.1. The van der Waals surface area contributed by atoms with E-state index in [9.17, 15) is 45.6 Å². The summed E-state index contributed by atoms with van der Waals surface area (Å²) < 4.78 is 22.5. The third-order valence-electron chi connectivity index (χ3n) is 10.3. The maximum Gasteiger partial charge on any atom is 0.220 e. The molecule has 14 heteroatoms. The van der Waals surface area contributed by atoms with Gasteiger partial charge in [0.15, 0.2) is 12.6 Å². The Bertz CT molecular complexity index is 1090. The first-order valence-corrected chi connectivity index (χ1v) is 21.2. The summed E-state index contributed by atoms with van der Waals surface area (Å²) in [7, 11) is 0. The average molecular weight is 802 g/mol. The molecule has 0 aliphatic carbocycles. The van der Waals surface area contributed by atoms with Crippen molar-refractivity contribution in [3.8, 4) is 0 Å². The van der Waals surface area contributed by atoms with Gasteiger partial charge in [-0.25, -0.2) is 0 Å². The van der Waals surface area contributed by atoms with Crippen LogP contribution in [0.3, 0.4) is 0 Å². The lowest BCUT2D eigenvalue weighted by molar-refractivity contribution is -0.359. The SMILES string of the molecule is CCCC/C=C/CC/C=C/C(O)C(COC1OC(CO)C(OC2OC(CO)C(O)C(O)C2O)C(O)C1O)NC(=O)CCCCCCC/C=C\CCCCCCC. The van der Waals surface area contributed by atoms with Crippen LogP contribution < -0.4 is 5.32 Å². The molecule has 2 aliphatic heterocycles. The molecule has 0 aromatic heterocycles. The molecular weight excluding hydrogens is 726 g/mol. The molecule has 326 valence electrons. The molecule has 2 fully saturated rings. The van der Waals surface area contributed by atoms with Crippen molar-refractivity contribution in [3.63, 3.8) is 0 Å². The van der Waals surface area contributed by atoms with Gasteiger partial charge in [-0.3, -0.25) is 4.79 Å². The number of aliphatic hydroxyl groups excluding tert-OH is 8. The molecule has 0 aromatic carbocycles. The van der Waals surface area contributed by atoms with Crippen molar-refractivity contribution in [2.45, 2.75) is 203 Å². The highest BCUT2D eigenvalue weighted by atomic mass is 16.7. The lowest BCUT2D eigenvalue weighted by atomic mass is 9.97. The molecular formula is C42H75NO13. The minimum absolute atomic E-state index is 0.262. The Morgan fingerprint density at radius 2 is 1.16 bits per heavy atom. The molecule has 0 bridgehead atoms. The Labute approximate surface area is 334 Å². The fourth-order valence-corrected chi connectivity index (χ4v) is 6.70. The van der Waals surface area contributed by atoms with Gasteiger partial charge in [-0.2, -0.15) is 0 Å². The van der Waals surface area contributed by atoms with E-state index in [0.29, 0.717) is 12.8 Å². The second-order valence-corrected chi connectivity index (χ2v) is 15.1. The molecule has 56 heavy (non-hydrogen) atoms. The molecule has 14 nitrogen and oxygen atoms in total. The molecule has 1 amide bonds. The molecule has 0 aromatic rings. The molecule has 0 spiro atoms. The summed E-state index contributed by atoms with van der Waals surface area (Å²) in [6, 6.07) is -0.930. The monoisotopic (exact) mass is 802 g/mol. The molecule has 2 aliphatic rings. The number of rotatable bonds is 30. The van der Waals surface area contributed by atoms with Crippen molar-refractivity contribution in [1.29, 1.82) is 0 Å². The Hall–Kier alpha value is -1.79. The highest BCUT2D eigenvalue weighted by molar-refractivity contribution is 5.76. The third-order valence-corrected chi connectivity index (χ3v) is 10.3. The zero-order valence-electron chi connectivity index (χ0n) is 33.9. The van der Waals surface area contributed by atoms with Crippen LogP contribution in [-0.4, -0.2) is 140 Å². The highest BCUT2D eigenvalue weighted by Crippen LogP contribution is 2.29. The number of ether oxygens (including phenoxy) is 4. The molecule has 9 N–H and O–H groups in total. The first kappa shape index (κ1) is 50.4. The first-order valence-electron chi connectivity index (χ1n) is 21.2. The van der Waals surface area contributed by atoms with E-state index in [0.717, 1.165) is 64.2 Å². The number of carbonyl (C=O) groups excluding carboxylic acids is 1. The number of allylic oxidation sites excluding steroid dienone is 5. The second-order valence-electron chi connectivity index (χ2n) is 15.1. The van der Waals surface area contributed by atoms with Crippen molar-refractivity contribution in [2.75, 3.05) is 19.8 Å². The Morgan fingerprint density at radius 1 is 0.625 bits per heavy atom. The number of hydrogen-bond acceptors (Lipinski definition) is 13. The van der Waals surface area contributed by atoms with Crippen LogP contribution in [0.15, 0.2) is 36.5 Å². The summed E-state index contributed by atoms with van der Waals surface area (Å²) in [5, 5.41) is 86.1. The highest BCUT2D eigenvalue weighted by Gasteiger charge is 2.50. The smallest absolute Gasteiger partial charge is 0.220 e. The normalized spacial score (nSPS) is 29.8. The molecule has 2 heterocycles. The van der Waals surface area contributed by atoms with E-state index in [1.54, 1.807) is 6.08 Å². The van der Waals surface area contributed by atoms with E-state index in [2.05, 4.69) is 43.5 Å². The third kappa shape index (κ3) is 18.9. The number of hydrogen-bond donors (Lipinski definition) is 9. The van der Waals surface area contributed by atoms with Crippen molar-refractivity contribution in [2.24, 2.45) is 0 Å². The Kier molecular flexibility index (Phi) is 27.2. The second kappa shape index (κ2) is 30.3. The van der Waals surface area contributed by atoms with E-state index < -0.39 is 86.8 Å². The summed E-state index contributed by atoms with van der Waals surface area (Å²) in [5.41, 5.74) is 0. The summed E-state index contributed by atoms with van der Waals surface area (Å²) in [6.07, 6.45) is 13.7. The molecule has 2 rings (SSSR count). The van der Waals surface area contributed by atoms with Crippen LogP contribution in [0.25, 0.3) is 0 Å². The van der Waals surface area contributed by atoms with Crippen molar-refractivity contribution in [1.82, 2.24) is 5.32 Å². The molecule has 12 atom stereocenters. The zero-order chi connectivity index (χ0) is 41.1. The van der Waals surface area contributed by atoms with E-state index in [-0.39, 0.29) is 18.9 Å². The Morgan fingerprint density at radius 3 is 1.80 bits per heavy atom. The van der Waals surface area contributed by atoms with E-state index >= 15 is 0 Å². The largest absolute Gasteiger partial charge is 0.394 e. The van der Waals surface area contributed by atoms with Gasteiger partial charge >= 0.3 is 0 Å². The fourth-order valence-electron chi connectivity index (χ4n) is 6.70. The maximum absolute atomic E-state index is 13.0. The van der Waals surface area contributed by atoms with Gasteiger partial charge < -0.3 is 65.1 Å². The average Bonchev–Trinajstić information content (AvgIpc) is 3.19. The van der Waals surface area contributed by atoms with Crippen LogP contribution in [0.4, 0.5) is 0 Å².